The Morgan fingerprint density at radius 1 is 1.09 bits per heavy atom. The molecule has 0 spiro atoms. The fraction of sp³-hybridized carbons (Fsp3) is 0.323. The number of hydrogen-bond donors (Lipinski definition) is 3. The Morgan fingerprint density at radius 3 is 2.53 bits per heavy atom. The number of rotatable bonds is 12. The molecule has 3 heterocycles. The van der Waals surface area contributed by atoms with E-state index in [2.05, 4.69) is 20.5 Å². The number of aliphatic hydroxyl groups excluding tert-OH is 1. The molecule has 3 N–H and O–H groups in total. The molecule has 2 aromatic carbocycles. The Bertz CT molecular complexity index is 1780. The molecule has 0 aliphatic carbocycles. The summed E-state index contributed by atoms with van der Waals surface area (Å²) in [5.41, 5.74) is 5.64. The Kier molecular flexibility index (Phi) is 10.3. The van der Waals surface area contributed by atoms with Crippen LogP contribution in [0.4, 0.5) is 17.3 Å². The van der Waals surface area contributed by atoms with Gasteiger partial charge >= 0.3 is 0 Å². The van der Waals surface area contributed by atoms with Crippen LogP contribution in [0, 0.1) is 6.92 Å². The van der Waals surface area contributed by atoms with Crippen molar-refractivity contribution in [3.8, 4) is 11.3 Å². The number of carbonyl (C=O) groups excluding carboxylic acids is 1. The zero-order chi connectivity index (χ0) is 32.1. The summed E-state index contributed by atoms with van der Waals surface area (Å²) in [6.07, 6.45) is 5.58. The average molecular weight is 673 g/mol. The molecule has 1 unspecified atom stereocenters. The molecule has 1 saturated heterocycles. The molecular formula is C31H35Cl2N7O4S. The second-order valence-electron chi connectivity index (χ2n) is 10.9. The van der Waals surface area contributed by atoms with E-state index in [-0.39, 0.29) is 12.5 Å². The number of anilines is 3. The van der Waals surface area contributed by atoms with Gasteiger partial charge in [0, 0.05) is 79.5 Å². The lowest BCUT2D eigenvalue weighted by Gasteiger charge is -2.34. The fourth-order valence-electron chi connectivity index (χ4n) is 5.48. The van der Waals surface area contributed by atoms with Crippen LogP contribution in [0.3, 0.4) is 0 Å². The average Bonchev–Trinajstić information content (AvgIpc) is 3.42. The molecule has 2 aromatic heterocycles. The van der Waals surface area contributed by atoms with Gasteiger partial charge in [0.25, 0.3) is 0 Å². The highest BCUT2D eigenvalue weighted by Crippen LogP contribution is 2.34. The lowest BCUT2D eigenvalue weighted by molar-refractivity contribution is -0.109. The Morgan fingerprint density at radius 2 is 1.87 bits per heavy atom. The minimum atomic E-state index is -3.21. The lowest BCUT2D eigenvalue weighted by Crippen LogP contribution is -2.48. The van der Waals surface area contributed by atoms with Crippen molar-refractivity contribution in [2.45, 2.75) is 19.4 Å². The molecule has 0 radical (unpaired) electrons. The van der Waals surface area contributed by atoms with Crippen molar-refractivity contribution in [2.24, 2.45) is 0 Å². The second-order valence-corrected chi connectivity index (χ2v) is 13.7. The van der Waals surface area contributed by atoms with E-state index in [4.69, 9.17) is 28.2 Å². The predicted octanol–water partition coefficient (Wildman–Crippen LogP) is 4.26. The van der Waals surface area contributed by atoms with E-state index in [1.54, 1.807) is 12.3 Å². The van der Waals surface area contributed by atoms with E-state index in [1.807, 2.05) is 60.2 Å². The molecule has 1 aliphatic rings. The van der Waals surface area contributed by atoms with Crippen molar-refractivity contribution >= 4 is 57.0 Å². The van der Waals surface area contributed by atoms with E-state index >= 15 is 0 Å². The van der Waals surface area contributed by atoms with Crippen LogP contribution in [0.25, 0.3) is 11.3 Å². The maximum atomic E-state index is 11.9. The minimum Gasteiger partial charge on any atom is -0.395 e. The molecule has 0 saturated carbocycles. The maximum Gasteiger partial charge on any atom is 0.227 e. The van der Waals surface area contributed by atoms with Crippen molar-refractivity contribution in [3.63, 3.8) is 0 Å². The highest BCUT2D eigenvalue weighted by atomic mass is 35.5. The normalized spacial score (nSPS) is 14.7. The minimum absolute atomic E-state index is 0.137. The van der Waals surface area contributed by atoms with E-state index in [0.717, 1.165) is 28.1 Å². The smallest absolute Gasteiger partial charge is 0.227 e. The predicted molar refractivity (Wildman–Crippen MR) is 178 cm³/mol. The van der Waals surface area contributed by atoms with Crippen LogP contribution >= 0.6 is 23.2 Å². The van der Waals surface area contributed by atoms with Crippen molar-refractivity contribution in [2.75, 3.05) is 55.8 Å². The number of amides is 1. The van der Waals surface area contributed by atoms with Crippen LogP contribution in [0.1, 0.15) is 22.7 Å². The molecule has 1 aliphatic heterocycles. The van der Waals surface area contributed by atoms with Gasteiger partial charge in [0.05, 0.1) is 29.3 Å². The third-order valence-electron chi connectivity index (χ3n) is 7.82. The van der Waals surface area contributed by atoms with Gasteiger partial charge in [-0.05, 0) is 54.4 Å². The van der Waals surface area contributed by atoms with Gasteiger partial charge < -0.3 is 25.2 Å². The van der Waals surface area contributed by atoms with Crippen LogP contribution in [0.15, 0.2) is 60.9 Å². The summed E-state index contributed by atoms with van der Waals surface area (Å²) in [6.45, 7) is 4.68. The first-order chi connectivity index (χ1) is 21.6. The largest absolute Gasteiger partial charge is 0.395 e. The highest BCUT2D eigenvalue weighted by Gasteiger charge is 2.24. The molecule has 11 nitrogen and oxygen atoms in total. The summed E-state index contributed by atoms with van der Waals surface area (Å²) in [5, 5.41) is 17.4. The van der Waals surface area contributed by atoms with Gasteiger partial charge in [0.15, 0.2) is 0 Å². The van der Waals surface area contributed by atoms with Crippen LogP contribution in [-0.2, 0) is 21.4 Å². The number of aliphatic hydroxyl groups is 1. The summed E-state index contributed by atoms with van der Waals surface area (Å²) in [4.78, 5) is 22.3. The molecule has 1 amide bonds. The SMILES string of the molecule is Cc1cnc(Nc2ccc(N3CCN(S(C)(=O)=O)CC3)cc2Cl)nc1-c1cc(C(CO)c2cccc(Cl)c2)n(CCNC=O)c1. The van der Waals surface area contributed by atoms with E-state index in [1.165, 1.54) is 10.6 Å². The van der Waals surface area contributed by atoms with Gasteiger partial charge in [0.2, 0.25) is 22.4 Å². The van der Waals surface area contributed by atoms with Gasteiger partial charge in [-0.2, -0.15) is 4.31 Å². The van der Waals surface area contributed by atoms with Gasteiger partial charge in [-0.3, -0.25) is 4.79 Å². The zero-order valence-electron chi connectivity index (χ0n) is 25.0. The number of nitrogens with one attached hydrogen (secondary N) is 2. The number of nitrogens with zero attached hydrogens (tertiary/aromatic N) is 5. The monoisotopic (exact) mass is 671 g/mol. The molecule has 238 valence electrons. The molecule has 4 aromatic rings. The summed E-state index contributed by atoms with van der Waals surface area (Å²) in [7, 11) is -3.21. The summed E-state index contributed by atoms with van der Waals surface area (Å²) in [5.74, 6) is 0.0116. The Balaban J connectivity index is 1.40. The topological polar surface area (TPSA) is 133 Å². The summed E-state index contributed by atoms with van der Waals surface area (Å²) >= 11 is 12.9. The quantitative estimate of drug-likeness (QED) is 0.150. The van der Waals surface area contributed by atoms with Crippen LogP contribution in [0.2, 0.25) is 10.0 Å². The first-order valence-electron chi connectivity index (χ1n) is 14.4. The molecule has 45 heavy (non-hydrogen) atoms. The van der Waals surface area contributed by atoms with Crippen molar-refractivity contribution in [1.82, 2.24) is 24.2 Å². The van der Waals surface area contributed by atoms with Crippen molar-refractivity contribution in [3.05, 3.63) is 87.8 Å². The maximum absolute atomic E-state index is 11.9. The third kappa shape index (κ3) is 7.77. The van der Waals surface area contributed by atoms with Crippen molar-refractivity contribution in [1.29, 1.82) is 0 Å². The molecule has 14 heteroatoms. The van der Waals surface area contributed by atoms with Gasteiger partial charge in [-0.1, -0.05) is 35.3 Å². The first-order valence-corrected chi connectivity index (χ1v) is 17.0. The van der Waals surface area contributed by atoms with Crippen LogP contribution < -0.4 is 15.5 Å². The number of sulfonamides is 1. The number of piperazine rings is 1. The molecule has 5 rings (SSSR count). The number of carbonyl (C=O) groups is 1. The number of aromatic nitrogens is 3. The molecular weight excluding hydrogens is 637 g/mol. The zero-order valence-corrected chi connectivity index (χ0v) is 27.3. The van der Waals surface area contributed by atoms with Gasteiger partial charge in [0.1, 0.15) is 0 Å². The van der Waals surface area contributed by atoms with E-state index < -0.39 is 10.0 Å². The summed E-state index contributed by atoms with van der Waals surface area (Å²) in [6, 6.07) is 15.0. The standard InChI is InChI=1S/C31H35Cl2N7O4S/c1-21-17-35-31(36-28-7-6-25(16-27(28)33)38-10-12-40(13-11-38)45(2,43)44)37-30(21)23-15-29(39(18-23)9-8-34-20-42)26(19-41)22-4-3-5-24(32)14-22/h3-7,14-18,20,26,41H,8-13,19H2,1-2H3,(H,34,42)(H,35,36,37). The van der Waals surface area contributed by atoms with Gasteiger partial charge in [-0.25, -0.2) is 18.4 Å². The number of aryl methyl sites for hydroxylation is 1. The number of halogens is 2. The second kappa shape index (κ2) is 14.2. The Hall–Kier alpha value is -3.68. The van der Waals surface area contributed by atoms with Crippen molar-refractivity contribution < 1.29 is 18.3 Å². The van der Waals surface area contributed by atoms with E-state index in [9.17, 15) is 18.3 Å². The lowest BCUT2D eigenvalue weighted by atomic mass is 9.96. The fourth-order valence-corrected chi connectivity index (χ4v) is 6.73. The molecule has 0 bridgehead atoms. The number of hydrogen-bond acceptors (Lipinski definition) is 8. The number of benzene rings is 2. The van der Waals surface area contributed by atoms with E-state index in [0.29, 0.717) is 73.1 Å². The van der Waals surface area contributed by atoms with Crippen LogP contribution in [0.5, 0.6) is 0 Å². The Labute approximate surface area is 272 Å². The van der Waals surface area contributed by atoms with Gasteiger partial charge in [-0.15, -0.1) is 0 Å². The highest BCUT2D eigenvalue weighted by molar-refractivity contribution is 7.88. The molecule has 1 atom stereocenters. The first kappa shape index (κ1) is 32.7. The molecule has 1 fully saturated rings. The van der Waals surface area contributed by atoms with Crippen LogP contribution in [-0.4, -0.2) is 84.4 Å². The summed E-state index contributed by atoms with van der Waals surface area (Å²) < 4.78 is 27.2. The third-order valence-corrected chi connectivity index (χ3v) is 9.67.